The molecule has 0 bridgehead atoms. The van der Waals surface area contributed by atoms with Crippen molar-refractivity contribution < 1.29 is 4.74 Å². The second-order valence-electron chi connectivity index (χ2n) is 4.81. The number of unbranched alkanes of at least 4 members (excludes halogenated alkanes) is 1. The summed E-state index contributed by atoms with van der Waals surface area (Å²) in [6, 6.07) is 0. The van der Waals surface area contributed by atoms with E-state index < -0.39 is 0 Å². The number of ether oxygens (including phenoxy) is 1. The van der Waals surface area contributed by atoms with Crippen LogP contribution in [0.4, 0.5) is 11.8 Å². The lowest BCUT2D eigenvalue weighted by molar-refractivity contribution is 0.0765. The maximum Gasteiger partial charge on any atom is 0.224 e. The third-order valence-corrected chi connectivity index (χ3v) is 2.62. The number of aromatic nitrogens is 2. The van der Waals surface area contributed by atoms with E-state index >= 15 is 0 Å². The predicted octanol–water partition coefficient (Wildman–Crippen LogP) is 2.83. The number of anilines is 2. The molecule has 2 N–H and O–H groups in total. The van der Waals surface area contributed by atoms with Crippen LogP contribution < -0.4 is 10.6 Å². The van der Waals surface area contributed by atoms with Crippen molar-refractivity contribution in [3.05, 3.63) is 11.8 Å². The first-order valence-electron chi connectivity index (χ1n) is 7.06. The highest BCUT2D eigenvalue weighted by molar-refractivity contribution is 5.46. The Morgan fingerprint density at radius 2 is 2.05 bits per heavy atom. The van der Waals surface area contributed by atoms with Crippen LogP contribution in [0.2, 0.25) is 0 Å². The molecular weight excluding hydrogens is 240 g/mol. The van der Waals surface area contributed by atoms with Gasteiger partial charge in [-0.1, -0.05) is 0 Å². The molecule has 5 nitrogen and oxygen atoms in total. The van der Waals surface area contributed by atoms with E-state index in [1.54, 1.807) is 0 Å². The third kappa shape index (κ3) is 6.38. The first-order valence-corrected chi connectivity index (χ1v) is 7.06. The molecule has 108 valence electrons. The summed E-state index contributed by atoms with van der Waals surface area (Å²) in [5, 5.41) is 6.47. The van der Waals surface area contributed by atoms with Crippen LogP contribution in [0, 0.1) is 6.92 Å². The Bertz CT molecular complexity index is 368. The Balaban J connectivity index is 2.30. The van der Waals surface area contributed by atoms with Crippen molar-refractivity contribution in [1.29, 1.82) is 0 Å². The van der Waals surface area contributed by atoms with Crippen LogP contribution in [-0.4, -0.2) is 35.8 Å². The second-order valence-corrected chi connectivity index (χ2v) is 4.81. The topological polar surface area (TPSA) is 59.1 Å². The van der Waals surface area contributed by atoms with Gasteiger partial charge in [0.15, 0.2) is 0 Å². The van der Waals surface area contributed by atoms with Gasteiger partial charge in [-0.25, -0.2) is 4.98 Å². The molecule has 1 rings (SSSR count). The number of hydrogen-bond donors (Lipinski definition) is 2. The molecule has 0 amide bonds. The van der Waals surface area contributed by atoms with Gasteiger partial charge in [0, 0.05) is 31.5 Å². The molecule has 0 unspecified atom stereocenters. The van der Waals surface area contributed by atoms with Crippen LogP contribution in [0.5, 0.6) is 0 Å². The molecule has 1 heterocycles. The summed E-state index contributed by atoms with van der Waals surface area (Å²) in [6.07, 6.45) is 4.30. The van der Waals surface area contributed by atoms with Crippen LogP contribution in [-0.2, 0) is 4.74 Å². The lowest BCUT2D eigenvalue weighted by atomic mass is 10.3. The smallest absolute Gasteiger partial charge is 0.224 e. The van der Waals surface area contributed by atoms with E-state index in [0.29, 0.717) is 12.1 Å². The molecule has 1 aromatic heterocycles. The first-order chi connectivity index (χ1) is 9.13. The van der Waals surface area contributed by atoms with Crippen molar-refractivity contribution in [3.63, 3.8) is 0 Å². The quantitative estimate of drug-likeness (QED) is 0.673. The number of nitrogens with zero attached hydrogens (tertiary/aromatic N) is 2. The van der Waals surface area contributed by atoms with Gasteiger partial charge in [0.05, 0.1) is 6.10 Å². The van der Waals surface area contributed by atoms with Gasteiger partial charge in [-0.2, -0.15) is 4.98 Å². The summed E-state index contributed by atoms with van der Waals surface area (Å²) in [5.41, 5.74) is 1.07. The highest BCUT2D eigenvalue weighted by Gasteiger charge is 2.02. The maximum atomic E-state index is 5.51. The molecule has 0 saturated heterocycles. The Morgan fingerprint density at radius 3 is 2.74 bits per heavy atom. The molecule has 0 fully saturated rings. The van der Waals surface area contributed by atoms with Gasteiger partial charge in [-0.15, -0.1) is 0 Å². The highest BCUT2D eigenvalue weighted by Crippen LogP contribution is 2.12. The molecule has 1 aromatic rings. The number of rotatable bonds is 9. The summed E-state index contributed by atoms with van der Waals surface area (Å²) >= 11 is 0. The fraction of sp³-hybridized carbons (Fsp3) is 0.714. The minimum absolute atomic E-state index is 0.319. The van der Waals surface area contributed by atoms with Crippen LogP contribution in [0.1, 0.15) is 39.2 Å². The Morgan fingerprint density at radius 1 is 1.26 bits per heavy atom. The van der Waals surface area contributed by atoms with Gasteiger partial charge < -0.3 is 15.4 Å². The molecule has 0 atom stereocenters. The van der Waals surface area contributed by atoms with Gasteiger partial charge in [0.1, 0.15) is 5.82 Å². The second kappa shape index (κ2) is 8.69. The molecule has 0 aliphatic heterocycles. The normalized spacial score (nSPS) is 10.8. The Hall–Kier alpha value is -1.36. The molecule has 0 aromatic carbocycles. The van der Waals surface area contributed by atoms with Crippen LogP contribution >= 0.6 is 0 Å². The minimum Gasteiger partial charge on any atom is -0.379 e. The van der Waals surface area contributed by atoms with E-state index in [4.69, 9.17) is 4.74 Å². The van der Waals surface area contributed by atoms with Crippen molar-refractivity contribution >= 4 is 11.8 Å². The molecular formula is C14H26N4O. The van der Waals surface area contributed by atoms with E-state index in [-0.39, 0.29) is 0 Å². The third-order valence-electron chi connectivity index (χ3n) is 2.62. The SMILES string of the molecule is CCNc1ncc(C)c(NCCCCOC(C)C)n1. The Labute approximate surface area is 116 Å². The van der Waals surface area contributed by atoms with E-state index in [9.17, 15) is 0 Å². The number of aryl methyl sites for hydroxylation is 1. The van der Waals surface area contributed by atoms with Gasteiger partial charge in [-0.3, -0.25) is 0 Å². The maximum absolute atomic E-state index is 5.51. The lowest BCUT2D eigenvalue weighted by Gasteiger charge is -2.11. The molecule has 19 heavy (non-hydrogen) atoms. The molecule has 0 radical (unpaired) electrons. The monoisotopic (exact) mass is 266 g/mol. The van der Waals surface area contributed by atoms with Crippen LogP contribution in [0.15, 0.2) is 6.20 Å². The molecule has 0 aliphatic rings. The van der Waals surface area contributed by atoms with E-state index in [2.05, 4.69) is 34.4 Å². The summed E-state index contributed by atoms with van der Waals surface area (Å²) in [4.78, 5) is 8.67. The van der Waals surface area contributed by atoms with Crippen LogP contribution in [0.3, 0.4) is 0 Å². The molecule has 0 saturated carbocycles. The average molecular weight is 266 g/mol. The van der Waals surface area contributed by atoms with Gasteiger partial charge in [0.2, 0.25) is 5.95 Å². The lowest BCUT2D eigenvalue weighted by Crippen LogP contribution is -2.10. The van der Waals surface area contributed by atoms with Crippen molar-refractivity contribution in [2.45, 2.75) is 46.6 Å². The standard InChI is InChI=1S/C14H26N4O/c1-5-15-14-17-10-12(4)13(18-14)16-8-6-7-9-19-11(2)3/h10-11H,5-9H2,1-4H3,(H2,15,16,17,18). The zero-order valence-electron chi connectivity index (χ0n) is 12.5. The van der Waals surface area contributed by atoms with E-state index in [1.165, 1.54) is 0 Å². The predicted molar refractivity (Wildman–Crippen MR) is 79.7 cm³/mol. The van der Waals surface area contributed by atoms with E-state index in [1.807, 2.05) is 20.0 Å². The number of hydrogen-bond acceptors (Lipinski definition) is 5. The zero-order chi connectivity index (χ0) is 14.1. The zero-order valence-corrected chi connectivity index (χ0v) is 12.5. The van der Waals surface area contributed by atoms with Crippen molar-refractivity contribution in [3.8, 4) is 0 Å². The van der Waals surface area contributed by atoms with Gasteiger partial charge in [0.25, 0.3) is 0 Å². The first kappa shape index (κ1) is 15.7. The largest absolute Gasteiger partial charge is 0.379 e. The van der Waals surface area contributed by atoms with Gasteiger partial charge >= 0.3 is 0 Å². The summed E-state index contributed by atoms with van der Waals surface area (Å²) in [6.45, 7) is 10.7. The molecule has 0 aliphatic carbocycles. The summed E-state index contributed by atoms with van der Waals surface area (Å²) in [7, 11) is 0. The Kier molecular flexibility index (Phi) is 7.18. The summed E-state index contributed by atoms with van der Waals surface area (Å²) < 4.78 is 5.51. The average Bonchev–Trinajstić information content (AvgIpc) is 2.37. The fourth-order valence-corrected chi connectivity index (χ4v) is 1.62. The molecule has 5 heteroatoms. The van der Waals surface area contributed by atoms with E-state index in [0.717, 1.165) is 43.9 Å². The van der Waals surface area contributed by atoms with Crippen molar-refractivity contribution in [2.24, 2.45) is 0 Å². The number of nitrogens with one attached hydrogen (secondary N) is 2. The van der Waals surface area contributed by atoms with Gasteiger partial charge in [-0.05, 0) is 40.5 Å². The fourth-order valence-electron chi connectivity index (χ4n) is 1.62. The van der Waals surface area contributed by atoms with Crippen molar-refractivity contribution in [1.82, 2.24) is 9.97 Å². The van der Waals surface area contributed by atoms with Crippen molar-refractivity contribution in [2.75, 3.05) is 30.3 Å². The summed E-state index contributed by atoms with van der Waals surface area (Å²) in [5.74, 6) is 1.59. The minimum atomic E-state index is 0.319. The highest BCUT2D eigenvalue weighted by atomic mass is 16.5. The van der Waals surface area contributed by atoms with Crippen LogP contribution in [0.25, 0.3) is 0 Å². The molecule has 0 spiro atoms.